The number of hydrogen-bond donors (Lipinski definition) is 2. The third-order valence-electron chi connectivity index (χ3n) is 5.58. The van der Waals surface area contributed by atoms with Crippen LogP contribution in [0.3, 0.4) is 0 Å². The van der Waals surface area contributed by atoms with Gasteiger partial charge in [0.25, 0.3) is 0 Å². The Balaban J connectivity index is 1.62. The zero-order valence-corrected chi connectivity index (χ0v) is 17.6. The minimum atomic E-state index is 0.145. The van der Waals surface area contributed by atoms with Crippen LogP contribution in [0.1, 0.15) is 43.7 Å². The molecule has 2 N–H and O–H groups in total. The number of methoxy groups -OCH3 is 1. The fourth-order valence-corrected chi connectivity index (χ4v) is 3.48. The van der Waals surface area contributed by atoms with Gasteiger partial charge in [0.2, 0.25) is 0 Å². The average molecular weight is 390 g/mol. The van der Waals surface area contributed by atoms with E-state index in [1.165, 1.54) is 18.4 Å². The Morgan fingerprint density at radius 1 is 1.32 bits per heavy atom. The summed E-state index contributed by atoms with van der Waals surface area (Å²) < 4.78 is 16.9. The molecule has 0 spiro atoms. The molecule has 1 heterocycles. The number of benzene rings is 1. The predicted octanol–water partition coefficient (Wildman–Crippen LogP) is 3.03. The van der Waals surface area contributed by atoms with Gasteiger partial charge in [-0.25, -0.2) is 4.99 Å². The average Bonchev–Trinajstić information content (AvgIpc) is 3.28. The summed E-state index contributed by atoms with van der Waals surface area (Å²) >= 11 is 0. The van der Waals surface area contributed by atoms with E-state index in [1.54, 1.807) is 7.11 Å². The maximum atomic E-state index is 6.20. The summed E-state index contributed by atoms with van der Waals surface area (Å²) in [5.74, 6) is 1.79. The molecule has 1 aromatic rings. The van der Waals surface area contributed by atoms with Gasteiger partial charge >= 0.3 is 0 Å². The molecule has 1 saturated heterocycles. The van der Waals surface area contributed by atoms with Crippen LogP contribution >= 0.6 is 0 Å². The molecule has 6 nitrogen and oxygen atoms in total. The summed E-state index contributed by atoms with van der Waals surface area (Å²) in [5, 5.41) is 6.89. The number of hydrogen-bond acceptors (Lipinski definition) is 4. The Morgan fingerprint density at radius 3 is 2.86 bits per heavy atom. The molecule has 2 fully saturated rings. The number of nitrogens with zero attached hydrogens (tertiary/aromatic N) is 1. The summed E-state index contributed by atoms with van der Waals surface area (Å²) in [4.78, 5) is 4.81. The van der Waals surface area contributed by atoms with Crippen LogP contribution in [0, 0.1) is 12.3 Å². The zero-order valence-electron chi connectivity index (χ0n) is 17.6. The third-order valence-corrected chi connectivity index (χ3v) is 5.58. The first kappa shape index (κ1) is 20.9. The molecule has 1 aliphatic heterocycles. The van der Waals surface area contributed by atoms with E-state index in [-0.39, 0.29) is 6.10 Å². The maximum Gasteiger partial charge on any atom is 0.191 e. The number of aliphatic imine (C=N–C) groups is 1. The van der Waals surface area contributed by atoms with E-state index in [2.05, 4.69) is 42.7 Å². The highest BCUT2D eigenvalue weighted by molar-refractivity contribution is 5.79. The van der Waals surface area contributed by atoms with Gasteiger partial charge in [0, 0.05) is 38.8 Å². The Labute approximate surface area is 169 Å². The van der Waals surface area contributed by atoms with Crippen LogP contribution < -0.4 is 15.4 Å². The van der Waals surface area contributed by atoms with Crippen LogP contribution in [0.15, 0.2) is 23.2 Å². The molecule has 28 heavy (non-hydrogen) atoms. The predicted molar refractivity (Wildman–Crippen MR) is 112 cm³/mol. The van der Waals surface area contributed by atoms with E-state index in [1.807, 2.05) is 0 Å². The quantitative estimate of drug-likeness (QED) is 0.476. The second-order valence-electron chi connectivity index (χ2n) is 8.01. The first-order valence-electron chi connectivity index (χ1n) is 10.5. The number of nitrogens with one attached hydrogen (secondary N) is 2. The van der Waals surface area contributed by atoms with E-state index >= 15 is 0 Å². The van der Waals surface area contributed by atoms with Gasteiger partial charge < -0.3 is 24.8 Å². The fourth-order valence-electron chi connectivity index (χ4n) is 3.48. The number of ether oxygens (including phenoxy) is 3. The first-order valence-corrected chi connectivity index (χ1v) is 10.5. The van der Waals surface area contributed by atoms with Crippen LogP contribution in [0.2, 0.25) is 0 Å². The number of guanidine groups is 1. The van der Waals surface area contributed by atoms with Crippen molar-refractivity contribution in [2.45, 2.75) is 52.2 Å². The maximum absolute atomic E-state index is 6.20. The van der Waals surface area contributed by atoms with Crippen molar-refractivity contribution in [3.8, 4) is 5.75 Å². The smallest absolute Gasteiger partial charge is 0.191 e. The molecule has 0 radical (unpaired) electrons. The van der Waals surface area contributed by atoms with Crippen molar-refractivity contribution in [3.05, 3.63) is 29.3 Å². The molecule has 156 valence electrons. The molecule has 0 amide bonds. The molecule has 0 bridgehead atoms. The second-order valence-corrected chi connectivity index (χ2v) is 8.01. The monoisotopic (exact) mass is 389 g/mol. The molecule has 1 unspecified atom stereocenters. The van der Waals surface area contributed by atoms with Gasteiger partial charge in [0.05, 0.1) is 19.8 Å². The summed E-state index contributed by atoms with van der Waals surface area (Å²) in [6.07, 6.45) is 4.73. The Bertz CT molecular complexity index is 652. The summed E-state index contributed by atoms with van der Waals surface area (Å²) in [6.45, 7) is 8.83. The van der Waals surface area contributed by atoms with Crippen LogP contribution in [0.5, 0.6) is 5.75 Å². The van der Waals surface area contributed by atoms with Crippen molar-refractivity contribution in [1.29, 1.82) is 0 Å². The lowest BCUT2D eigenvalue weighted by atomic mass is 10.0. The highest BCUT2D eigenvalue weighted by Gasteiger charge is 2.41. The molecular weight excluding hydrogens is 354 g/mol. The standard InChI is InChI=1S/C22H35N3O3/c1-4-23-21(25-16-22(8-9-22)10-12-26-3)24-14-18-6-5-17(2)13-20(18)28-19-7-11-27-15-19/h5-6,13,19H,4,7-12,14-16H2,1-3H3,(H2,23,24,25). The van der Waals surface area contributed by atoms with Crippen LogP contribution in [-0.4, -0.2) is 52.1 Å². The van der Waals surface area contributed by atoms with Crippen LogP contribution in [0.4, 0.5) is 0 Å². The number of rotatable bonds is 10. The zero-order chi connectivity index (χ0) is 19.8. The van der Waals surface area contributed by atoms with E-state index < -0.39 is 0 Å². The highest BCUT2D eigenvalue weighted by atomic mass is 16.5. The minimum Gasteiger partial charge on any atom is -0.488 e. The van der Waals surface area contributed by atoms with Crippen molar-refractivity contribution in [3.63, 3.8) is 0 Å². The van der Waals surface area contributed by atoms with Crippen molar-refractivity contribution < 1.29 is 14.2 Å². The Hall–Kier alpha value is -1.79. The topological polar surface area (TPSA) is 64.1 Å². The summed E-state index contributed by atoms with van der Waals surface area (Å²) in [6, 6.07) is 6.34. The second kappa shape index (κ2) is 10.1. The normalized spacial score (nSPS) is 20.8. The molecule has 1 aliphatic carbocycles. The molecular formula is C22H35N3O3. The van der Waals surface area contributed by atoms with Crippen molar-refractivity contribution in [2.75, 3.05) is 40.0 Å². The van der Waals surface area contributed by atoms with Gasteiger partial charge in [0.15, 0.2) is 5.96 Å². The minimum absolute atomic E-state index is 0.145. The van der Waals surface area contributed by atoms with E-state index in [0.29, 0.717) is 18.6 Å². The van der Waals surface area contributed by atoms with Gasteiger partial charge in [-0.2, -0.15) is 0 Å². The highest BCUT2D eigenvalue weighted by Crippen LogP contribution is 2.48. The third kappa shape index (κ3) is 6.11. The summed E-state index contributed by atoms with van der Waals surface area (Å²) in [5.41, 5.74) is 2.68. The number of aryl methyl sites for hydroxylation is 1. The SMILES string of the molecule is CCNC(=NCc1ccc(C)cc1OC1CCOC1)NCC1(CCOC)CC1. The molecule has 6 heteroatoms. The van der Waals surface area contributed by atoms with E-state index in [4.69, 9.17) is 19.2 Å². The van der Waals surface area contributed by atoms with Crippen LogP contribution in [0.25, 0.3) is 0 Å². The lowest BCUT2D eigenvalue weighted by Crippen LogP contribution is -2.40. The van der Waals surface area contributed by atoms with Crippen molar-refractivity contribution in [2.24, 2.45) is 10.4 Å². The van der Waals surface area contributed by atoms with Crippen molar-refractivity contribution in [1.82, 2.24) is 10.6 Å². The molecule has 1 saturated carbocycles. The molecule has 0 aromatic heterocycles. The largest absolute Gasteiger partial charge is 0.488 e. The fraction of sp³-hybridized carbons (Fsp3) is 0.682. The van der Waals surface area contributed by atoms with Gasteiger partial charge in [-0.05, 0) is 50.2 Å². The molecule has 3 rings (SSSR count). The molecule has 2 aliphatic rings. The van der Waals surface area contributed by atoms with Crippen LogP contribution in [-0.2, 0) is 16.0 Å². The first-order chi connectivity index (χ1) is 13.6. The van der Waals surface area contributed by atoms with E-state index in [9.17, 15) is 0 Å². The molecule has 1 aromatic carbocycles. The Kier molecular flexibility index (Phi) is 7.57. The molecule has 1 atom stereocenters. The van der Waals surface area contributed by atoms with Gasteiger partial charge in [-0.3, -0.25) is 0 Å². The van der Waals surface area contributed by atoms with Gasteiger partial charge in [-0.15, -0.1) is 0 Å². The lowest BCUT2D eigenvalue weighted by molar-refractivity contribution is 0.140. The Morgan fingerprint density at radius 2 is 2.18 bits per heavy atom. The van der Waals surface area contributed by atoms with Crippen molar-refractivity contribution >= 4 is 5.96 Å². The van der Waals surface area contributed by atoms with E-state index in [0.717, 1.165) is 56.4 Å². The van der Waals surface area contributed by atoms with Gasteiger partial charge in [-0.1, -0.05) is 12.1 Å². The summed E-state index contributed by atoms with van der Waals surface area (Å²) in [7, 11) is 1.77. The lowest BCUT2D eigenvalue weighted by Gasteiger charge is -2.19. The van der Waals surface area contributed by atoms with Gasteiger partial charge in [0.1, 0.15) is 11.9 Å².